The number of carbonyl (C=O) groups is 1. The highest BCUT2D eigenvalue weighted by atomic mass is 16.3. The van der Waals surface area contributed by atoms with Gasteiger partial charge in [-0.25, -0.2) is 0 Å². The lowest BCUT2D eigenvalue weighted by molar-refractivity contribution is 0.0717. The summed E-state index contributed by atoms with van der Waals surface area (Å²) in [4.78, 5) is 16.1. The maximum atomic E-state index is 12.0. The van der Waals surface area contributed by atoms with Gasteiger partial charge in [0.15, 0.2) is 0 Å². The number of nitrogen functional groups attached to an aromatic ring is 1. The molecule has 1 amide bonds. The van der Waals surface area contributed by atoms with Crippen LogP contribution in [0, 0.1) is 6.92 Å². The monoisotopic (exact) mass is 249 g/mol. The number of aromatic nitrogens is 1. The summed E-state index contributed by atoms with van der Waals surface area (Å²) in [6, 6.07) is 1.50. The third kappa shape index (κ3) is 2.79. The first kappa shape index (κ1) is 12.8. The molecule has 1 aromatic rings. The van der Waals surface area contributed by atoms with Gasteiger partial charge in [-0.1, -0.05) is 12.8 Å². The lowest BCUT2D eigenvalue weighted by Crippen LogP contribution is -2.45. The predicted octanol–water partition coefficient (Wildman–Crippen LogP) is 1.01. The Labute approximate surface area is 106 Å². The topological polar surface area (TPSA) is 88.2 Å². The van der Waals surface area contributed by atoms with Gasteiger partial charge in [-0.3, -0.25) is 9.78 Å². The van der Waals surface area contributed by atoms with Gasteiger partial charge >= 0.3 is 0 Å². The second-order valence-electron chi connectivity index (χ2n) is 4.84. The standard InChI is InChI=1S/C13H19N3O2/c1-8-6-10(14)9(7-15-8)13(18)16-11-4-2-3-5-12(11)17/h6-7,11-12,17H,2-5H2,1H3,(H2,14,15)(H,16,18). The average Bonchev–Trinajstić information content (AvgIpc) is 2.32. The van der Waals surface area contributed by atoms with Crippen molar-refractivity contribution in [3.63, 3.8) is 0 Å². The Bertz CT molecular complexity index is 448. The second-order valence-corrected chi connectivity index (χ2v) is 4.84. The van der Waals surface area contributed by atoms with Crippen molar-refractivity contribution in [3.8, 4) is 0 Å². The molecule has 0 spiro atoms. The third-order valence-electron chi connectivity index (χ3n) is 3.36. The average molecular weight is 249 g/mol. The molecule has 0 aliphatic heterocycles. The number of hydrogen-bond acceptors (Lipinski definition) is 4. The molecular formula is C13H19N3O2. The first-order chi connectivity index (χ1) is 8.58. The van der Waals surface area contributed by atoms with Crippen LogP contribution in [0.4, 0.5) is 5.69 Å². The number of aliphatic hydroxyl groups is 1. The van der Waals surface area contributed by atoms with Crippen LogP contribution in [-0.4, -0.2) is 28.1 Å². The molecule has 1 aliphatic carbocycles. The van der Waals surface area contributed by atoms with Crippen LogP contribution in [0.5, 0.6) is 0 Å². The minimum absolute atomic E-state index is 0.174. The highest BCUT2D eigenvalue weighted by Gasteiger charge is 2.25. The zero-order valence-corrected chi connectivity index (χ0v) is 10.5. The Morgan fingerprint density at radius 3 is 2.89 bits per heavy atom. The van der Waals surface area contributed by atoms with E-state index in [2.05, 4.69) is 10.3 Å². The molecule has 5 heteroatoms. The zero-order chi connectivity index (χ0) is 13.1. The number of aliphatic hydroxyl groups excluding tert-OH is 1. The van der Waals surface area contributed by atoms with Gasteiger partial charge < -0.3 is 16.2 Å². The summed E-state index contributed by atoms with van der Waals surface area (Å²) in [5.41, 5.74) is 7.37. The summed E-state index contributed by atoms with van der Waals surface area (Å²) in [6.45, 7) is 1.82. The van der Waals surface area contributed by atoms with E-state index in [1.807, 2.05) is 6.92 Å². The number of anilines is 1. The smallest absolute Gasteiger partial charge is 0.255 e. The van der Waals surface area contributed by atoms with E-state index in [9.17, 15) is 9.90 Å². The third-order valence-corrected chi connectivity index (χ3v) is 3.36. The Balaban J connectivity index is 2.07. The van der Waals surface area contributed by atoms with Gasteiger partial charge in [0.25, 0.3) is 5.91 Å². The molecule has 0 aromatic carbocycles. The molecule has 2 unspecified atom stereocenters. The lowest BCUT2D eigenvalue weighted by Gasteiger charge is -2.28. The van der Waals surface area contributed by atoms with Crippen molar-refractivity contribution in [2.24, 2.45) is 0 Å². The molecule has 0 bridgehead atoms. The Morgan fingerprint density at radius 2 is 2.22 bits per heavy atom. The SMILES string of the molecule is Cc1cc(N)c(C(=O)NC2CCCCC2O)cn1. The van der Waals surface area contributed by atoms with Gasteiger partial charge in [0.1, 0.15) is 0 Å². The molecular weight excluding hydrogens is 230 g/mol. The van der Waals surface area contributed by atoms with Gasteiger partial charge in [-0.2, -0.15) is 0 Å². The van der Waals surface area contributed by atoms with E-state index in [1.54, 1.807) is 6.07 Å². The predicted molar refractivity (Wildman–Crippen MR) is 69.1 cm³/mol. The number of hydrogen-bond donors (Lipinski definition) is 3. The number of rotatable bonds is 2. The molecule has 1 aromatic heterocycles. The number of nitrogens with zero attached hydrogens (tertiary/aromatic N) is 1. The molecule has 5 nitrogen and oxygen atoms in total. The maximum Gasteiger partial charge on any atom is 0.255 e. The van der Waals surface area contributed by atoms with Gasteiger partial charge in [0.05, 0.1) is 17.7 Å². The molecule has 1 heterocycles. The molecule has 98 valence electrons. The highest BCUT2D eigenvalue weighted by Crippen LogP contribution is 2.19. The van der Waals surface area contributed by atoms with E-state index >= 15 is 0 Å². The number of nitrogens with two attached hydrogens (primary N) is 1. The van der Waals surface area contributed by atoms with Crippen molar-refractivity contribution in [1.29, 1.82) is 0 Å². The van der Waals surface area contributed by atoms with Crippen LogP contribution < -0.4 is 11.1 Å². The van der Waals surface area contributed by atoms with Crippen molar-refractivity contribution >= 4 is 11.6 Å². The molecule has 2 atom stereocenters. The highest BCUT2D eigenvalue weighted by molar-refractivity contribution is 5.99. The summed E-state index contributed by atoms with van der Waals surface area (Å²) in [5.74, 6) is -0.258. The second kappa shape index (κ2) is 5.35. The molecule has 2 rings (SSSR count). The van der Waals surface area contributed by atoms with E-state index in [1.165, 1.54) is 6.20 Å². The summed E-state index contributed by atoms with van der Waals surface area (Å²) in [7, 11) is 0. The Hall–Kier alpha value is -1.62. The van der Waals surface area contributed by atoms with Crippen molar-refractivity contribution in [3.05, 3.63) is 23.5 Å². The summed E-state index contributed by atoms with van der Waals surface area (Å²) in [6.07, 6.45) is 4.63. The van der Waals surface area contributed by atoms with Crippen molar-refractivity contribution in [1.82, 2.24) is 10.3 Å². The summed E-state index contributed by atoms with van der Waals surface area (Å²) >= 11 is 0. The van der Waals surface area contributed by atoms with Crippen molar-refractivity contribution in [2.45, 2.75) is 44.8 Å². The van der Waals surface area contributed by atoms with Crippen molar-refractivity contribution in [2.75, 3.05) is 5.73 Å². The van der Waals surface area contributed by atoms with Crippen LogP contribution in [0.1, 0.15) is 41.7 Å². The number of pyridine rings is 1. The van der Waals surface area contributed by atoms with E-state index in [-0.39, 0.29) is 11.9 Å². The first-order valence-electron chi connectivity index (χ1n) is 6.29. The van der Waals surface area contributed by atoms with Gasteiger partial charge in [0, 0.05) is 17.6 Å². The molecule has 1 fully saturated rings. The van der Waals surface area contributed by atoms with Gasteiger partial charge in [-0.15, -0.1) is 0 Å². The Kier molecular flexibility index (Phi) is 3.81. The minimum atomic E-state index is -0.456. The van der Waals surface area contributed by atoms with E-state index in [0.717, 1.165) is 31.4 Å². The van der Waals surface area contributed by atoms with Crippen LogP contribution in [0.3, 0.4) is 0 Å². The molecule has 1 saturated carbocycles. The normalized spacial score (nSPS) is 23.7. The lowest BCUT2D eigenvalue weighted by atomic mass is 9.92. The quantitative estimate of drug-likeness (QED) is 0.729. The van der Waals surface area contributed by atoms with E-state index in [4.69, 9.17) is 5.73 Å². The van der Waals surface area contributed by atoms with Crippen LogP contribution >= 0.6 is 0 Å². The van der Waals surface area contributed by atoms with Crippen molar-refractivity contribution < 1.29 is 9.90 Å². The first-order valence-corrected chi connectivity index (χ1v) is 6.29. The molecule has 0 saturated heterocycles. The maximum absolute atomic E-state index is 12.0. The van der Waals surface area contributed by atoms with E-state index < -0.39 is 6.10 Å². The fourth-order valence-electron chi connectivity index (χ4n) is 2.30. The summed E-state index contributed by atoms with van der Waals surface area (Å²) in [5, 5.41) is 12.7. The number of carbonyl (C=O) groups excluding carboxylic acids is 1. The van der Waals surface area contributed by atoms with Crippen LogP contribution in [0.2, 0.25) is 0 Å². The zero-order valence-electron chi connectivity index (χ0n) is 10.5. The van der Waals surface area contributed by atoms with Gasteiger partial charge in [0.2, 0.25) is 0 Å². The van der Waals surface area contributed by atoms with E-state index in [0.29, 0.717) is 11.3 Å². The number of amides is 1. The largest absolute Gasteiger partial charge is 0.398 e. The molecule has 1 aliphatic rings. The van der Waals surface area contributed by atoms with Gasteiger partial charge in [-0.05, 0) is 25.8 Å². The number of nitrogens with one attached hydrogen (secondary N) is 1. The fourth-order valence-corrected chi connectivity index (χ4v) is 2.30. The molecule has 4 N–H and O–H groups in total. The molecule has 0 radical (unpaired) electrons. The Morgan fingerprint density at radius 1 is 1.50 bits per heavy atom. The summed E-state index contributed by atoms with van der Waals surface area (Å²) < 4.78 is 0. The number of aryl methyl sites for hydroxylation is 1. The van der Waals surface area contributed by atoms with Crippen LogP contribution in [0.15, 0.2) is 12.3 Å². The minimum Gasteiger partial charge on any atom is -0.398 e. The fraction of sp³-hybridized carbons (Fsp3) is 0.538. The van der Waals surface area contributed by atoms with Crippen LogP contribution in [0.25, 0.3) is 0 Å². The van der Waals surface area contributed by atoms with Crippen LogP contribution in [-0.2, 0) is 0 Å². The molecule has 18 heavy (non-hydrogen) atoms.